The van der Waals surface area contributed by atoms with Crippen LogP contribution in [0.15, 0.2) is 23.4 Å². The Bertz CT molecular complexity index is 419. The Morgan fingerprint density at radius 3 is 3.00 bits per heavy atom. The first-order chi connectivity index (χ1) is 8.61. The van der Waals surface area contributed by atoms with E-state index in [0.29, 0.717) is 5.02 Å². The van der Waals surface area contributed by atoms with Gasteiger partial charge in [-0.25, -0.2) is 4.98 Å². The summed E-state index contributed by atoms with van der Waals surface area (Å²) in [4.78, 5) is 4.22. The third-order valence-corrected chi connectivity index (χ3v) is 4.11. The number of hydrogen-bond donors (Lipinski definition) is 1. The fourth-order valence-electron chi connectivity index (χ4n) is 1.65. The molecule has 5 heteroatoms. The van der Waals surface area contributed by atoms with Gasteiger partial charge in [0, 0.05) is 6.20 Å². The predicted octanol–water partition coefficient (Wildman–Crippen LogP) is 3.50. The molecule has 1 atom stereocenters. The second-order valence-corrected chi connectivity index (χ2v) is 5.71. The van der Waals surface area contributed by atoms with Crippen molar-refractivity contribution < 1.29 is 0 Å². The number of nitrogens with one attached hydrogen (secondary N) is 1. The molecular formula is C13H18ClN3S. The van der Waals surface area contributed by atoms with Gasteiger partial charge in [-0.05, 0) is 44.2 Å². The lowest BCUT2D eigenvalue weighted by Crippen LogP contribution is -2.40. The minimum Gasteiger partial charge on any atom is -0.300 e. The second-order valence-electron chi connectivity index (χ2n) is 4.22. The predicted molar refractivity (Wildman–Crippen MR) is 76.9 cm³/mol. The molecule has 0 amide bonds. The minimum atomic E-state index is -0.427. The summed E-state index contributed by atoms with van der Waals surface area (Å²) in [7, 11) is 0. The number of hydrogen-bond acceptors (Lipinski definition) is 4. The molecule has 98 valence electrons. The zero-order chi connectivity index (χ0) is 13.4. The van der Waals surface area contributed by atoms with E-state index < -0.39 is 5.54 Å². The zero-order valence-electron chi connectivity index (χ0n) is 10.7. The third kappa shape index (κ3) is 4.85. The summed E-state index contributed by atoms with van der Waals surface area (Å²) in [6.45, 7) is 4.76. The maximum Gasteiger partial charge on any atom is 0.115 e. The highest BCUT2D eigenvalue weighted by Crippen LogP contribution is 2.25. The van der Waals surface area contributed by atoms with Crippen LogP contribution in [0.4, 0.5) is 0 Å². The Morgan fingerprint density at radius 1 is 1.61 bits per heavy atom. The van der Waals surface area contributed by atoms with Gasteiger partial charge in [0.05, 0.1) is 11.1 Å². The van der Waals surface area contributed by atoms with Crippen LogP contribution >= 0.6 is 23.4 Å². The van der Waals surface area contributed by atoms with Crippen LogP contribution in [0.1, 0.15) is 26.7 Å². The largest absolute Gasteiger partial charge is 0.300 e. The van der Waals surface area contributed by atoms with Gasteiger partial charge in [0.1, 0.15) is 10.6 Å². The van der Waals surface area contributed by atoms with E-state index in [1.54, 1.807) is 18.0 Å². The molecule has 1 unspecified atom stereocenters. The number of halogens is 1. The lowest BCUT2D eigenvalue weighted by atomic mass is 9.98. The first-order valence-electron chi connectivity index (χ1n) is 6.01. The first-order valence-corrected chi connectivity index (χ1v) is 7.37. The van der Waals surface area contributed by atoms with E-state index in [0.717, 1.165) is 30.2 Å². The maximum atomic E-state index is 9.12. The number of rotatable bonds is 7. The highest BCUT2D eigenvalue weighted by atomic mass is 35.5. The summed E-state index contributed by atoms with van der Waals surface area (Å²) in [5.41, 5.74) is -0.427. The van der Waals surface area contributed by atoms with Crippen LogP contribution in [-0.4, -0.2) is 22.8 Å². The standard InChI is InChI=1S/C13H18ClN3S/c1-3-17-13(2,10-15)7-5-9-18-12-11(14)6-4-8-16-12/h4,6,8,17H,3,5,7,9H2,1-2H3. The smallest absolute Gasteiger partial charge is 0.115 e. The van der Waals surface area contributed by atoms with Crippen LogP contribution in [0.5, 0.6) is 0 Å². The molecule has 0 spiro atoms. The van der Waals surface area contributed by atoms with Crippen LogP contribution in [0.3, 0.4) is 0 Å². The van der Waals surface area contributed by atoms with E-state index in [1.165, 1.54) is 0 Å². The quantitative estimate of drug-likeness (QED) is 0.615. The van der Waals surface area contributed by atoms with Gasteiger partial charge in [-0.3, -0.25) is 5.32 Å². The second kappa shape index (κ2) is 7.63. The molecule has 0 saturated heterocycles. The van der Waals surface area contributed by atoms with Gasteiger partial charge in [-0.1, -0.05) is 18.5 Å². The van der Waals surface area contributed by atoms with Crippen LogP contribution < -0.4 is 5.32 Å². The van der Waals surface area contributed by atoms with Crippen molar-refractivity contribution in [1.82, 2.24) is 10.3 Å². The van der Waals surface area contributed by atoms with Gasteiger partial charge in [0.25, 0.3) is 0 Å². The number of pyridine rings is 1. The number of nitrogens with zero attached hydrogens (tertiary/aromatic N) is 2. The lowest BCUT2D eigenvalue weighted by Gasteiger charge is -2.22. The lowest BCUT2D eigenvalue weighted by molar-refractivity contribution is 0.426. The molecule has 0 aliphatic carbocycles. The van der Waals surface area contributed by atoms with Crippen molar-refractivity contribution in [3.8, 4) is 6.07 Å². The molecule has 0 bridgehead atoms. The highest BCUT2D eigenvalue weighted by molar-refractivity contribution is 7.99. The van der Waals surface area contributed by atoms with Crippen LogP contribution in [0.2, 0.25) is 5.02 Å². The molecule has 0 aromatic carbocycles. The summed E-state index contributed by atoms with van der Waals surface area (Å²) >= 11 is 7.66. The van der Waals surface area contributed by atoms with E-state index in [9.17, 15) is 0 Å². The fraction of sp³-hybridized carbons (Fsp3) is 0.538. The summed E-state index contributed by atoms with van der Waals surface area (Å²) in [5.74, 6) is 0.916. The Hall–Kier alpha value is -0.760. The average Bonchev–Trinajstić information content (AvgIpc) is 2.37. The van der Waals surface area contributed by atoms with E-state index in [4.69, 9.17) is 16.9 Å². The van der Waals surface area contributed by atoms with E-state index >= 15 is 0 Å². The van der Waals surface area contributed by atoms with Crippen molar-refractivity contribution in [3.05, 3.63) is 23.4 Å². The van der Waals surface area contributed by atoms with Crippen molar-refractivity contribution >= 4 is 23.4 Å². The van der Waals surface area contributed by atoms with Crippen molar-refractivity contribution in [2.75, 3.05) is 12.3 Å². The molecule has 0 saturated carbocycles. The molecule has 1 heterocycles. The topological polar surface area (TPSA) is 48.7 Å². The van der Waals surface area contributed by atoms with Crippen LogP contribution in [0, 0.1) is 11.3 Å². The highest BCUT2D eigenvalue weighted by Gasteiger charge is 2.21. The SMILES string of the molecule is CCNC(C)(C#N)CCCSc1ncccc1Cl. The number of aromatic nitrogens is 1. The van der Waals surface area contributed by atoms with Crippen molar-refractivity contribution in [2.45, 2.75) is 37.3 Å². The molecule has 1 aromatic heterocycles. The molecule has 18 heavy (non-hydrogen) atoms. The summed E-state index contributed by atoms with van der Waals surface area (Å²) in [5, 5.41) is 13.9. The minimum absolute atomic E-state index is 0.427. The molecule has 1 aromatic rings. The first kappa shape index (κ1) is 15.3. The van der Waals surface area contributed by atoms with Crippen LogP contribution in [-0.2, 0) is 0 Å². The third-order valence-electron chi connectivity index (χ3n) is 2.60. The molecule has 1 rings (SSSR count). The van der Waals surface area contributed by atoms with Gasteiger partial charge < -0.3 is 0 Å². The Morgan fingerprint density at radius 2 is 2.39 bits per heavy atom. The molecule has 0 radical (unpaired) electrons. The maximum absolute atomic E-state index is 9.12. The summed E-state index contributed by atoms with van der Waals surface area (Å²) in [6.07, 6.45) is 3.52. The Labute approximate surface area is 118 Å². The monoisotopic (exact) mass is 283 g/mol. The summed E-state index contributed by atoms with van der Waals surface area (Å²) < 4.78 is 0. The van der Waals surface area contributed by atoms with E-state index in [2.05, 4.69) is 16.4 Å². The summed E-state index contributed by atoms with van der Waals surface area (Å²) in [6, 6.07) is 5.99. The number of thioether (sulfide) groups is 1. The van der Waals surface area contributed by atoms with Crippen LogP contribution in [0.25, 0.3) is 0 Å². The molecule has 0 aliphatic heterocycles. The Kier molecular flexibility index (Phi) is 6.48. The Balaban J connectivity index is 2.35. The van der Waals surface area contributed by atoms with Crippen molar-refractivity contribution in [2.24, 2.45) is 0 Å². The molecular weight excluding hydrogens is 266 g/mol. The normalized spacial score (nSPS) is 13.9. The fourth-order valence-corrected chi connectivity index (χ4v) is 2.75. The van der Waals surface area contributed by atoms with Gasteiger partial charge in [-0.15, -0.1) is 11.8 Å². The average molecular weight is 284 g/mol. The van der Waals surface area contributed by atoms with Crippen molar-refractivity contribution in [3.63, 3.8) is 0 Å². The van der Waals surface area contributed by atoms with Gasteiger partial charge >= 0.3 is 0 Å². The zero-order valence-corrected chi connectivity index (χ0v) is 12.3. The molecule has 0 aliphatic rings. The molecule has 3 nitrogen and oxygen atoms in total. The van der Waals surface area contributed by atoms with Gasteiger partial charge in [0.2, 0.25) is 0 Å². The van der Waals surface area contributed by atoms with E-state index in [1.807, 2.05) is 26.0 Å². The van der Waals surface area contributed by atoms with E-state index in [-0.39, 0.29) is 0 Å². The van der Waals surface area contributed by atoms with Gasteiger partial charge in [0.15, 0.2) is 0 Å². The number of nitriles is 1. The molecule has 0 fully saturated rings. The molecule has 1 N–H and O–H groups in total. The van der Waals surface area contributed by atoms with Gasteiger partial charge in [-0.2, -0.15) is 5.26 Å². The van der Waals surface area contributed by atoms with Crippen molar-refractivity contribution in [1.29, 1.82) is 5.26 Å².